The maximum Gasteiger partial charge on any atom is 0.127 e. The zero-order chi connectivity index (χ0) is 14.4. The van der Waals surface area contributed by atoms with Gasteiger partial charge in [-0.2, -0.15) is 0 Å². The van der Waals surface area contributed by atoms with Crippen LogP contribution >= 0.6 is 0 Å². The van der Waals surface area contributed by atoms with Crippen LogP contribution < -0.4 is 14.8 Å². The summed E-state index contributed by atoms with van der Waals surface area (Å²) >= 11 is 0. The summed E-state index contributed by atoms with van der Waals surface area (Å²) < 4.78 is 10.7. The Bertz CT molecular complexity index is 423. The first-order valence-corrected chi connectivity index (χ1v) is 7.37. The summed E-state index contributed by atoms with van der Waals surface area (Å²) in [5, 5.41) is 3.49. The van der Waals surface area contributed by atoms with E-state index < -0.39 is 0 Å². The lowest BCUT2D eigenvalue weighted by atomic mass is 10.1. The van der Waals surface area contributed by atoms with Gasteiger partial charge in [-0.05, 0) is 38.0 Å². The molecule has 0 spiro atoms. The Labute approximate surface area is 122 Å². The molecular formula is C16H26N2O2. The number of rotatable bonds is 4. The van der Waals surface area contributed by atoms with Gasteiger partial charge in [0.2, 0.25) is 0 Å². The van der Waals surface area contributed by atoms with E-state index in [-0.39, 0.29) is 0 Å². The molecule has 1 fully saturated rings. The van der Waals surface area contributed by atoms with Crippen molar-refractivity contribution in [3.63, 3.8) is 0 Å². The normalized spacial score (nSPS) is 21.1. The molecule has 112 valence electrons. The van der Waals surface area contributed by atoms with Crippen molar-refractivity contribution in [1.29, 1.82) is 0 Å². The van der Waals surface area contributed by atoms with E-state index in [1.807, 2.05) is 12.1 Å². The van der Waals surface area contributed by atoms with Gasteiger partial charge in [0.1, 0.15) is 11.5 Å². The molecule has 0 aromatic heterocycles. The second-order valence-corrected chi connectivity index (χ2v) is 5.58. The molecule has 0 bridgehead atoms. The van der Waals surface area contributed by atoms with Crippen molar-refractivity contribution in [2.45, 2.75) is 19.9 Å². The van der Waals surface area contributed by atoms with Crippen LogP contribution in [0.25, 0.3) is 0 Å². The first-order chi connectivity index (χ1) is 9.72. The minimum absolute atomic E-state index is 0.680. The Balaban J connectivity index is 2.07. The van der Waals surface area contributed by atoms with E-state index in [4.69, 9.17) is 9.47 Å². The van der Waals surface area contributed by atoms with Gasteiger partial charge < -0.3 is 14.8 Å². The molecule has 4 heteroatoms. The summed E-state index contributed by atoms with van der Waals surface area (Å²) in [6, 6.07) is 6.08. The minimum atomic E-state index is 0.680. The number of nitrogens with one attached hydrogen (secondary N) is 1. The van der Waals surface area contributed by atoms with Crippen LogP contribution in [0.5, 0.6) is 11.5 Å². The number of methoxy groups -OCH3 is 2. The molecule has 1 aliphatic heterocycles. The Morgan fingerprint density at radius 2 is 2.15 bits per heavy atom. The van der Waals surface area contributed by atoms with Gasteiger partial charge in [-0.15, -0.1) is 0 Å². The van der Waals surface area contributed by atoms with E-state index in [1.165, 1.54) is 12.0 Å². The van der Waals surface area contributed by atoms with Crippen LogP contribution in [0.2, 0.25) is 0 Å². The van der Waals surface area contributed by atoms with Crippen molar-refractivity contribution < 1.29 is 9.47 Å². The lowest BCUT2D eigenvalue weighted by molar-refractivity contribution is 0.206. The third kappa shape index (κ3) is 4.12. The Hall–Kier alpha value is -1.26. The van der Waals surface area contributed by atoms with E-state index in [2.05, 4.69) is 23.2 Å². The van der Waals surface area contributed by atoms with Gasteiger partial charge in [-0.3, -0.25) is 4.90 Å². The van der Waals surface area contributed by atoms with Crippen molar-refractivity contribution in [1.82, 2.24) is 10.2 Å². The van der Waals surface area contributed by atoms with Crippen molar-refractivity contribution in [2.24, 2.45) is 5.92 Å². The molecule has 0 radical (unpaired) electrons. The molecule has 2 rings (SSSR count). The molecule has 1 aromatic rings. The fourth-order valence-electron chi connectivity index (χ4n) is 2.74. The van der Waals surface area contributed by atoms with E-state index in [0.717, 1.165) is 44.2 Å². The third-order valence-electron chi connectivity index (χ3n) is 3.78. The molecule has 0 saturated carbocycles. The zero-order valence-electron chi connectivity index (χ0n) is 12.8. The van der Waals surface area contributed by atoms with Crippen LogP contribution in [0.15, 0.2) is 18.2 Å². The summed E-state index contributed by atoms with van der Waals surface area (Å²) in [6.45, 7) is 7.72. The molecule has 0 aliphatic carbocycles. The summed E-state index contributed by atoms with van der Waals surface area (Å²) in [7, 11) is 3.40. The average Bonchev–Trinajstić information content (AvgIpc) is 2.44. The average molecular weight is 278 g/mol. The number of hydrogen-bond donors (Lipinski definition) is 1. The highest BCUT2D eigenvalue weighted by atomic mass is 16.5. The van der Waals surface area contributed by atoms with Crippen LogP contribution in [0, 0.1) is 5.92 Å². The molecule has 20 heavy (non-hydrogen) atoms. The Morgan fingerprint density at radius 3 is 2.90 bits per heavy atom. The number of hydrogen-bond acceptors (Lipinski definition) is 4. The second-order valence-electron chi connectivity index (χ2n) is 5.58. The van der Waals surface area contributed by atoms with Gasteiger partial charge in [0.15, 0.2) is 0 Å². The summed E-state index contributed by atoms with van der Waals surface area (Å²) in [5.74, 6) is 2.44. The van der Waals surface area contributed by atoms with Crippen molar-refractivity contribution >= 4 is 0 Å². The van der Waals surface area contributed by atoms with Gasteiger partial charge in [0.25, 0.3) is 0 Å². The largest absolute Gasteiger partial charge is 0.497 e. The fraction of sp³-hybridized carbons (Fsp3) is 0.625. The minimum Gasteiger partial charge on any atom is -0.497 e. The van der Waals surface area contributed by atoms with Gasteiger partial charge >= 0.3 is 0 Å². The first kappa shape index (κ1) is 15.1. The topological polar surface area (TPSA) is 33.7 Å². The Kier molecular flexibility index (Phi) is 5.68. The van der Waals surface area contributed by atoms with E-state index >= 15 is 0 Å². The monoisotopic (exact) mass is 278 g/mol. The standard InChI is InChI=1S/C16H26N2O2/c1-13-10-17-7-4-8-18(11-13)12-14-5-6-15(19-2)9-16(14)20-3/h5-6,9,13,17H,4,7-8,10-12H2,1-3H3. The number of benzene rings is 1. The Morgan fingerprint density at radius 1 is 1.30 bits per heavy atom. The van der Waals surface area contributed by atoms with E-state index in [0.29, 0.717) is 5.92 Å². The molecule has 4 nitrogen and oxygen atoms in total. The van der Waals surface area contributed by atoms with Gasteiger partial charge in [0, 0.05) is 24.7 Å². The fourth-order valence-corrected chi connectivity index (χ4v) is 2.74. The predicted octanol–water partition coefficient (Wildman–Crippen LogP) is 2.14. The highest BCUT2D eigenvalue weighted by molar-refractivity contribution is 5.40. The molecular weight excluding hydrogens is 252 g/mol. The van der Waals surface area contributed by atoms with E-state index in [9.17, 15) is 0 Å². The molecule has 1 aromatic carbocycles. The molecule has 1 saturated heterocycles. The molecule has 1 atom stereocenters. The van der Waals surface area contributed by atoms with Crippen LogP contribution in [-0.4, -0.2) is 45.3 Å². The summed E-state index contributed by atoms with van der Waals surface area (Å²) in [5.41, 5.74) is 1.23. The zero-order valence-corrected chi connectivity index (χ0v) is 12.8. The highest BCUT2D eigenvalue weighted by Gasteiger charge is 2.15. The number of nitrogens with zero attached hydrogens (tertiary/aromatic N) is 1. The quantitative estimate of drug-likeness (QED) is 0.915. The van der Waals surface area contributed by atoms with Crippen LogP contribution in [0.4, 0.5) is 0 Å². The van der Waals surface area contributed by atoms with Gasteiger partial charge in [0.05, 0.1) is 14.2 Å². The lowest BCUT2D eigenvalue weighted by Crippen LogP contribution is -2.38. The smallest absolute Gasteiger partial charge is 0.127 e. The molecule has 1 N–H and O–H groups in total. The molecule has 0 amide bonds. The maximum atomic E-state index is 5.49. The van der Waals surface area contributed by atoms with Crippen LogP contribution in [0.1, 0.15) is 18.9 Å². The van der Waals surface area contributed by atoms with Crippen LogP contribution in [0.3, 0.4) is 0 Å². The second kappa shape index (κ2) is 7.50. The van der Waals surface area contributed by atoms with Crippen LogP contribution in [-0.2, 0) is 6.54 Å². The highest BCUT2D eigenvalue weighted by Crippen LogP contribution is 2.26. The van der Waals surface area contributed by atoms with Gasteiger partial charge in [-0.1, -0.05) is 13.0 Å². The van der Waals surface area contributed by atoms with Gasteiger partial charge in [-0.25, -0.2) is 0 Å². The predicted molar refractivity (Wildman–Crippen MR) is 81.5 cm³/mol. The molecule has 1 heterocycles. The third-order valence-corrected chi connectivity index (χ3v) is 3.78. The summed E-state index contributed by atoms with van der Waals surface area (Å²) in [6.07, 6.45) is 1.20. The first-order valence-electron chi connectivity index (χ1n) is 7.37. The van der Waals surface area contributed by atoms with Crippen molar-refractivity contribution in [3.8, 4) is 11.5 Å². The lowest BCUT2D eigenvalue weighted by Gasteiger charge is -2.29. The van der Waals surface area contributed by atoms with Crippen molar-refractivity contribution in [2.75, 3.05) is 40.4 Å². The SMILES string of the molecule is COc1ccc(CN2CCCNCC(C)C2)c(OC)c1. The van der Waals surface area contributed by atoms with Crippen molar-refractivity contribution in [3.05, 3.63) is 23.8 Å². The van der Waals surface area contributed by atoms with E-state index in [1.54, 1.807) is 14.2 Å². The molecule has 1 unspecified atom stereocenters. The summed E-state index contributed by atoms with van der Waals surface area (Å²) in [4.78, 5) is 2.52. The number of ether oxygens (including phenoxy) is 2. The maximum absolute atomic E-state index is 5.49. The molecule has 1 aliphatic rings.